The van der Waals surface area contributed by atoms with Crippen LogP contribution in [0.2, 0.25) is 0 Å². The molecule has 0 heteroatoms. The highest BCUT2D eigenvalue weighted by Gasteiger charge is 2.01. The molecule has 0 radical (unpaired) electrons. The summed E-state index contributed by atoms with van der Waals surface area (Å²) in [6.45, 7) is 8.84. The Balaban J connectivity index is 3.82. The zero-order valence-corrected chi connectivity index (χ0v) is 8.93. The van der Waals surface area contributed by atoms with Gasteiger partial charge in [-0.3, -0.25) is 0 Å². The van der Waals surface area contributed by atoms with Crippen LogP contribution >= 0.6 is 0 Å². The molecular weight excluding hydrogens is 144 g/mol. The summed E-state index contributed by atoms with van der Waals surface area (Å²) in [6, 6.07) is 0. The van der Waals surface area contributed by atoms with Crippen LogP contribution in [0.5, 0.6) is 0 Å². The first kappa shape index (κ1) is 11.5. The van der Waals surface area contributed by atoms with Crippen LogP contribution in [0, 0.1) is 5.92 Å². The lowest BCUT2D eigenvalue weighted by Gasteiger charge is -2.10. The summed E-state index contributed by atoms with van der Waals surface area (Å²) in [6.07, 6.45) is 10.4. The minimum Gasteiger partial charge on any atom is -0.0877 e. The Morgan fingerprint density at radius 3 is 2.58 bits per heavy atom. The zero-order chi connectivity index (χ0) is 9.40. The molecule has 0 heterocycles. The number of unbranched alkanes of at least 4 members (excludes halogenated alkanes) is 1. The third-order valence-electron chi connectivity index (χ3n) is 2.32. The van der Waals surface area contributed by atoms with Crippen molar-refractivity contribution in [2.45, 2.75) is 47.0 Å². The molecule has 0 spiro atoms. The second-order valence-corrected chi connectivity index (χ2v) is 3.48. The molecule has 1 atom stereocenters. The van der Waals surface area contributed by atoms with E-state index >= 15 is 0 Å². The predicted molar refractivity (Wildman–Crippen MR) is 57.3 cm³/mol. The van der Waals surface area contributed by atoms with E-state index in [0.29, 0.717) is 0 Å². The molecule has 0 saturated heterocycles. The van der Waals surface area contributed by atoms with Gasteiger partial charge in [-0.1, -0.05) is 50.5 Å². The number of allylic oxidation sites excluding steroid dienone is 4. The van der Waals surface area contributed by atoms with Crippen molar-refractivity contribution in [1.29, 1.82) is 0 Å². The fourth-order valence-corrected chi connectivity index (χ4v) is 1.15. The molecule has 0 rings (SSSR count). The highest BCUT2D eigenvalue weighted by molar-refractivity contribution is 5.11. The lowest BCUT2D eigenvalue weighted by Crippen LogP contribution is -1.95. The summed E-state index contributed by atoms with van der Waals surface area (Å²) in [5.74, 6) is 0.751. The van der Waals surface area contributed by atoms with Crippen molar-refractivity contribution in [2.24, 2.45) is 5.92 Å². The van der Waals surface area contributed by atoms with E-state index < -0.39 is 0 Å². The van der Waals surface area contributed by atoms with Crippen molar-refractivity contribution in [3.8, 4) is 0 Å². The van der Waals surface area contributed by atoms with Gasteiger partial charge in [0.25, 0.3) is 0 Å². The largest absolute Gasteiger partial charge is 0.0877 e. The smallest absolute Gasteiger partial charge is 0.0231 e. The Kier molecular flexibility index (Phi) is 6.84. The van der Waals surface area contributed by atoms with E-state index in [4.69, 9.17) is 0 Å². The summed E-state index contributed by atoms with van der Waals surface area (Å²) < 4.78 is 0. The molecule has 0 amide bonds. The molecule has 0 bridgehead atoms. The monoisotopic (exact) mass is 166 g/mol. The first-order valence-corrected chi connectivity index (χ1v) is 5.01. The zero-order valence-electron chi connectivity index (χ0n) is 8.93. The molecule has 0 aromatic heterocycles. The molecule has 0 saturated carbocycles. The van der Waals surface area contributed by atoms with Crippen molar-refractivity contribution >= 4 is 0 Å². The van der Waals surface area contributed by atoms with Crippen molar-refractivity contribution < 1.29 is 0 Å². The van der Waals surface area contributed by atoms with Gasteiger partial charge in [0.05, 0.1) is 0 Å². The molecule has 0 aliphatic carbocycles. The Hall–Kier alpha value is -0.520. The van der Waals surface area contributed by atoms with E-state index in [1.807, 2.05) is 0 Å². The molecule has 0 aliphatic heterocycles. The normalized spacial score (nSPS) is 15.5. The van der Waals surface area contributed by atoms with Gasteiger partial charge in [0.1, 0.15) is 0 Å². The van der Waals surface area contributed by atoms with Crippen molar-refractivity contribution in [3.05, 3.63) is 23.8 Å². The molecule has 0 aromatic rings. The Labute approximate surface area is 77.4 Å². The summed E-state index contributed by atoms with van der Waals surface area (Å²) in [5, 5.41) is 0. The maximum atomic E-state index is 2.31. The predicted octanol–water partition coefficient (Wildman–Crippen LogP) is 4.34. The van der Waals surface area contributed by atoms with Crippen LogP contribution in [0.1, 0.15) is 47.0 Å². The van der Waals surface area contributed by atoms with E-state index in [0.717, 1.165) is 5.92 Å². The molecule has 12 heavy (non-hydrogen) atoms. The average molecular weight is 166 g/mol. The Bertz CT molecular complexity index is 151. The highest BCUT2D eigenvalue weighted by atomic mass is 14.1. The van der Waals surface area contributed by atoms with E-state index in [9.17, 15) is 0 Å². The van der Waals surface area contributed by atoms with Gasteiger partial charge < -0.3 is 0 Å². The molecule has 0 N–H and O–H groups in total. The topological polar surface area (TPSA) is 0 Å². The van der Waals surface area contributed by atoms with Crippen LogP contribution in [0.4, 0.5) is 0 Å². The minimum atomic E-state index is 0.751. The fourth-order valence-electron chi connectivity index (χ4n) is 1.15. The Morgan fingerprint density at radius 2 is 2.08 bits per heavy atom. The van der Waals surface area contributed by atoms with Crippen LogP contribution in [0.3, 0.4) is 0 Å². The van der Waals surface area contributed by atoms with E-state index in [1.165, 1.54) is 24.8 Å². The number of hydrogen-bond acceptors (Lipinski definition) is 0. The second kappa shape index (κ2) is 7.15. The third kappa shape index (κ3) is 5.17. The van der Waals surface area contributed by atoms with Crippen molar-refractivity contribution in [3.63, 3.8) is 0 Å². The van der Waals surface area contributed by atoms with Crippen LogP contribution in [0.25, 0.3) is 0 Å². The molecule has 70 valence electrons. The maximum Gasteiger partial charge on any atom is -0.0231 e. The molecule has 0 fully saturated rings. The van der Waals surface area contributed by atoms with Gasteiger partial charge in [0.2, 0.25) is 0 Å². The van der Waals surface area contributed by atoms with Crippen LogP contribution in [-0.4, -0.2) is 0 Å². The van der Waals surface area contributed by atoms with Gasteiger partial charge >= 0.3 is 0 Å². The molecule has 0 aromatic carbocycles. The van der Waals surface area contributed by atoms with Crippen molar-refractivity contribution in [2.75, 3.05) is 0 Å². The van der Waals surface area contributed by atoms with E-state index in [2.05, 4.69) is 45.9 Å². The lowest BCUT2D eigenvalue weighted by atomic mass is 9.96. The molecule has 0 nitrogen and oxygen atoms in total. The lowest BCUT2D eigenvalue weighted by molar-refractivity contribution is 0.572. The van der Waals surface area contributed by atoms with Gasteiger partial charge in [-0.25, -0.2) is 0 Å². The summed E-state index contributed by atoms with van der Waals surface area (Å²) in [4.78, 5) is 0. The first-order valence-electron chi connectivity index (χ1n) is 5.01. The van der Waals surface area contributed by atoms with Crippen LogP contribution in [-0.2, 0) is 0 Å². The molecule has 0 aliphatic rings. The van der Waals surface area contributed by atoms with Gasteiger partial charge in [-0.15, -0.1) is 0 Å². The maximum absolute atomic E-state index is 2.31. The number of rotatable bonds is 5. The second-order valence-electron chi connectivity index (χ2n) is 3.48. The van der Waals surface area contributed by atoms with Gasteiger partial charge in [-0.2, -0.15) is 0 Å². The summed E-state index contributed by atoms with van der Waals surface area (Å²) in [5.41, 5.74) is 1.50. The standard InChI is InChI=1S/C12H22/c1-5-7-9-11(3)12(4)10-8-6-2/h5,7,9,12H,6,8,10H2,1-4H3/b7-5-,11-9+. The molecular formula is C12H22. The number of hydrogen-bond donors (Lipinski definition) is 0. The Morgan fingerprint density at radius 1 is 1.42 bits per heavy atom. The summed E-state index contributed by atoms with van der Waals surface area (Å²) >= 11 is 0. The van der Waals surface area contributed by atoms with Gasteiger partial charge in [0, 0.05) is 0 Å². The summed E-state index contributed by atoms with van der Waals surface area (Å²) in [7, 11) is 0. The average Bonchev–Trinajstić information content (AvgIpc) is 2.10. The third-order valence-corrected chi connectivity index (χ3v) is 2.32. The quantitative estimate of drug-likeness (QED) is 0.533. The fraction of sp³-hybridized carbons (Fsp3) is 0.667. The van der Waals surface area contributed by atoms with Gasteiger partial charge in [0.15, 0.2) is 0 Å². The molecule has 1 unspecified atom stereocenters. The van der Waals surface area contributed by atoms with Crippen LogP contribution in [0.15, 0.2) is 23.8 Å². The minimum absolute atomic E-state index is 0.751. The van der Waals surface area contributed by atoms with Gasteiger partial charge in [-0.05, 0) is 26.2 Å². The first-order chi connectivity index (χ1) is 5.72. The van der Waals surface area contributed by atoms with E-state index in [1.54, 1.807) is 0 Å². The SMILES string of the molecule is C/C=C\C=C(/C)C(C)CCCC. The van der Waals surface area contributed by atoms with E-state index in [-0.39, 0.29) is 0 Å². The highest BCUT2D eigenvalue weighted by Crippen LogP contribution is 2.16. The van der Waals surface area contributed by atoms with Crippen molar-refractivity contribution in [1.82, 2.24) is 0 Å². The van der Waals surface area contributed by atoms with Crippen LogP contribution < -0.4 is 0 Å².